The molecule has 3 aliphatic rings. The van der Waals surface area contributed by atoms with Crippen molar-refractivity contribution in [1.82, 2.24) is 36.4 Å². The normalized spacial score (nSPS) is 15.1. The van der Waals surface area contributed by atoms with Gasteiger partial charge in [-0.3, -0.25) is 52.2 Å². The molecular formula is C90H118N9O30S4+. The van der Waals surface area contributed by atoms with Gasteiger partial charge in [0.1, 0.15) is 41.6 Å². The Bertz CT molecular complexity index is 5560. The zero-order valence-corrected chi connectivity index (χ0v) is 77.9. The van der Waals surface area contributed by atoms with E-state index in [1.54, 1.807) is 36.4 Å². The first-order valence-electron chi connectivity index (χ1n) is 43.2. The van der Waals surface area contributed by atoms with Crippen molar-refractivity contribution in [3.8, 4) is 17.2 Å². The minimum atomic E-state index is -4.60. The van der Waals surface area contributed by atoms with Crippen LogP contribution in [0.5, 0.6) is 17.2 Å². The number of carboxylic acids is 5. The second kappa shape index (κ2) is 51.6. The number of amides is 5. The highest BCUT2D eigenvalue weighted by atomic mass is 32.2. The Kier molecular flexibility index (Phi) is 42.0. The van der Waals surface area contributed by atoms with Crippen molar-refractivity contribution in [2.75, 3.05) is 90.2 Å². The number of unbranched alkanes of at least 4 members (excludes halogenated alkanes) is 4. The quantitative estimate of drug-likeness (QED) is 0.00989. The van der Waals surface area contributed by atoms with Gasteiger partial charge in [0.15, 0.2) is 5.71 Å². The number of aryl methyl sites for hydroxylation is 2. The second-order valence-electron chi connectivity index (χ2n) is 33.0. The van der Waals surface area contributed by atoms with E-state index in [0.717, 1.165) is 52.3 Å². The fourth-order valence-electron chi connectivity index (χ4n) is 15.6. The third-order valence-corrected chi connectivity index (χ3v) is 25.0. The number of nitrogens with zero attached hydrogens (tertiary/aromatic N) is 4. The van der Waals surface area contributed by atoms with Crippen molar-refractivity contribution in [3.05, 3.63) is 177 Å². The maximum absolute atomic E-state index is 13.0. The molecule has 0 spiro atoms. The van der Waals surface area contributed by atoms with Gasteiger partial charge in [0.2, 0.25) is 23.4 Å². The van der Waals surface area contributed by atoms with Gasteiger partial charge in [-0.2, -0.15) is 38.2 Å². The number of aromatic hydroxyl groups is 2. The van der Waals surface area contributed by atoms with Crippen LogP contribution in [0.25, 0.3) is 0 Å². The molecule has 0 saturated carbocycles. The predicted octanol–water partition coefficient (Wildman–Crippen LogP) is 8.25. The number of hydrogen-bond donors (Lipinski definition) is 15. The number of benzene rings is 5. The summed E-state index contributed by atoms with van der Waals surface area (Å²) >= 11 is -0.750. The lowest BCUT2D eigenvalue weighted by Crippen LogP contribution is -2.51. The SMILES string of the molecule is CCCCN1/C(=C\C=C2\CCCC(/C=C/C3=[N+](CCCCCC(=O)NCCOCCOCCNC(=O)CCc4ccc(O)c(CN(CCN(CC(=O)O)Cc5cc(CCC(=O)NCCCCC(NC(=O)NC(CCC(=O)O)C(=O)O)C(=O)O)ccc5O)CC(=O)O)c4)c4ccc(S(=O)(=O)O)cc4C3(C)C)=C2Oc2ccc(S(=O)(=O)O)cc2)C(C)(C)c2cc(S(=O)(=O)O)ccc21.O=S=O. The van der Waals surface area contributed by atoms with E-state index in [-0.39, 0.29) is 167 Å². The first kappa shape index (κ1) is 108. The molecule has 5 amide bonds. The maximum Gasteiger partial charge on any atom is 0.335 e. The number of carboxylic acid groups (broad SMARTS) is 5. The number of allylic oxidation sites excluding steroid dienone is 7. The highest BCUT2D eigenvalue weighted by Crippen LogP contribution is 2.49. The first-order chi connectivity index (χ1) is 62.8. The summed E-state index contributed by atoms with van der Waals surface area (Å²) in [4.78, 5) is 114. The van der Waals surface area contributed by atoms with Crippen molar-refractivity contribution in [1.29, 1.82) is 0 Å². The number of hydrogen-bond acceptors (Lipinski definition) is 25. The van der Waals surface area contributed by atoms with Crippen LogP contribution in [0.4, 0.5) is 16.2 Å². The summed E-state index contributed by atoms with van der Waals surface area (Å²) in [5.41, 5.74) is 6.56. The molecule has 2 unspecified atom stereocenters. The number of rotatable bonds is 55. The summed E-state index contributed by atoms with van der Waals surface area (Å²) in [6, 6.07) is 19.7. The molecule has 1 aliphatic carbocycles. The summed E-state index contributed by atoms with van der Waals surface area (Å²) in [6.07, 6.45) is 13.4. The van der Waals surface area contributed by atoms with Crippen LogP contribution in [0, 0.1) is 0 Å². The molecule has 5 aromatic rings. The smallest absolute Gasteiger partial charge is 0.335 e. The number of carbonyl (C=O) groups is 9. The Morgan fingerprint density at radius 3 is 1.57 bits per heavy atom. The van der Waals surface area contributed by atoms with Gasteiger partial charge in [-0.25, -0.2) is 14.4 Å². The average molecular weight is 1930 g/mol. The van der Waals surface area contributed by atoms with Crippen LogP contribution in [0.2, 0.25) is 0 Å². The molecule has 2 aliphatic heterocycles. The zero-order chi connectivity index (χ0) is 98.0. The monoisotopic (exact) mass is 1930 g/mol. The lowest BCUT2D eigenvalue weighted by atomic mass is 9.81. The molecule has 0 fully saturated rings. The lowest BCUT2D eigenvalue weighted by Gasteiger charge is -2.27. The molecule has 2 heterocycles. The van der Waals surface area contributed by atoms with Gasteiger partial charge in [-0.05, 0) is 198 Å². The fraction of sp³-hybridized carbons (Fsp3) is 0.467. The molecule has 39 nitrogen and oxygen atoms in total. The van der Waals surface area contributed by atoms with Gasteiger partial charge in [0, 0.05) is 130 Å². The van der Waals surface area contributed by atoms with Crippen molar-refractivity contribution < 1.29 is 145 Å². The molecular weight excluding hydrogens is 1820 g/mol. The Balaban J connectivity index is 0.00000794. The maximum atomic E-state index is 13.0. The topological polar surface area (TPSA) is 593 Å². The predicted molar refractivity (Wildman–Crippen MR) is 486 cm³/mol. The first-order valence-corrected chi connectivity index (χ1v) is 48.2. The van der Waals surface area contributed by atoms with Gasteiger partial charge in [0.25, 0.3) is 30.4 Å². The largest absolute Gasteiger partial charge is 0.508 e. The number of carbonyl (C=O) groups excluding carboxylic acids is 4. The molecule has 8 rings (SSSR count). The average Bonchev–Trinajstić information content (AvgIpc) is 1.59. The van der Waals surface area contributed by atoms with Gasteiger partial charge in [0.05, 0.1) is 59.6 Å². The zero-order valence-electron chi connectivity index (χ0n) is 74.6. The Morgan fingerprint density at radius 1 is 0.541 bits per heavy atom. The molecule has 43 heteroatoms. The molecule has 5 aromatic carbocycles. The minimum absolute atomic E-state index is 0.000773. The summed E-state index contributed by atoms with van der Waals surface area (Å²) in [6.45, 7) is 11.2. The summed E-state index contributed by atoms with van der Waals surface area (Å²) in [5.74, 6) is -6.95. The molecule has 0 saturated heterocycles. The third-order valence-electron chi connectivity index (χ3n) is 22.5. The third kappa shape index (κ3) is 34.4. The minimum Gasteiger partial charge on any atom is -0.508 e. The Labute approximate surface area is 775 Å². The number of urea groups is 1. The van der Waals surface area contributed by atoms with Crippen LogP contribution in [-0.4, -0.2) is 254 Å². The van der Waals surface area contributed by atoms with E-state index in [1.165, 1.54) is 70.5 Å². The molecule has 0 radical (unpaired) electrons. The number of anilines is 1. The van der Waals surface area contributed by atoms with Crippen LogP contribution in [-0.2, 0) is 127 Å². The fourth-order valence-corrected chi connectivity index (χ4v) is 17.0. The van der Waals surface area contributed by atoms with Crippen LogP contribution in [0.1, 0.15) is 171 Å². The molecule has 133 heavy (non-hydrogen) atoms. The molecule has 0 aromatic heterocycles. The highest BCUT2D eigenvalue weighted by Gasteiger charge is 2.46. The van der Waals surface area contributed by atoms with Crippen molar-refractivity contribution in [2.24, 2.45) is 0 Å². The van der Waals surface area contributed by atoms with E-state index in [0.29, 0.717) is 91.6 Å². The van der Waals surface area contributed by atoms with Crippen molar-refractivity contribution in [2.45, 2.75) is 201 Å². The van der Waals surface area contributed by atoms with Crippen LogP contribution >= 0.6 is 0 Å². The number of fused-ring (bicyclic) bond motifs is 2. The standard InChI is InChI=1S/C90H117N9O28S3.O2S/c1-6-7-43-98-73-31-28-67(129(119,120)121)53-69(73)89(2,3)77(98)35-22-61-14-13-15-62(85(61)127-65-24-26-66(27-25-65)128(116,117)118)23-36-78-90(4,5)70-54-68(130(122,123)124)29-32-74(70)99(78)44-12-8-9-17-79(102)92-41-47-125-49-50-126-48-42-93-81(104)38-21-60-19-34-76(101)64(52-60)56-97(58-84(109)110)46-45-96(57-83(107)108)55-63-51-59(18-33-75(63)100)20-37-80(103)91-40-11-10-16-71(86(111)112)94-88(115)95-72(87(113)114)30-39-82(105)106;1-3-2/h18-19,22-29,31-36,51-54,71-72H,6-17,20-21,30,37-50,55-58H2,1-5H3,(H14-,91,92,93,94,95,100,101,102,103,104,105,106,107,108,109,110,111,112,113,114,115,116,117,118,119,120,121,122,123,124);/p+1. The van der Waals surface area contributed by atoms with Crippen LogP contribution in [0.3, 0.4) is 0 Å². The lowest BCUT2D eigenvalue weighted by molar-refractivity contribution is -0.438. The van der Waals surface area contributed by atoms with Gasteiger partial charge in [-0.1, -0.05) is 57.5 Å². The summed E-state index contributed by atoms with van der Waals surface area (Å²) < 4.78 is 141. The number of phenolic OH excluding ortho intramolecular Hbond substituents is 2. The molecule has 15 N–H and O–H groups in total. The Morgan fingerprint density at radius 2 is 1.05 bits per heavy atom. The van der Waals surface area contributed by atoms with Gasteiger partial charge >= 0.3 is 47.4 Å². The van der Waals surface area contributed by atoms with Gasteiger partial charge in [-0.15, -0.1) is 0 Å². The Hall–Kier alpha value is -11.7. The van der Waals surface area contributed by atoms with Crippen molar-refractivity contribution in [3.63, 3.8) is 0 Å². The second-order valence-corrected chi connectivity index (χ2v) is 37.5. The van der Waals surface area contributed by atoms with E-state index in [9.17, 15) is 113 Å². The van der Waals surface area contributed by atoms with E-state index in [2.05, 4.69) is 43.0 Å². The summed E-state index contributed by atoms with van der Waals surface area (Å²) in [5, 5.41) is 81.9. The van der Waals surface area contributed by atoms with Crippen molar-refractivity contribution >= 4 is 113 Å². The van der Waals surface area contributed by atoms with E-state index >= 15 is 0 Å². The van der Waals surface area contributed by atoms with Gasteiger partial charge < -0.3 is 81.4 Å². The summed E-state index contributed by atoms with van der Waals surface area (Å²) in [7, 11) is -13.6. The number of nitrogens with one attached hydrogen (secondary N) is 5. The van der Waals surface area contributed by atoms with Crippen LogP contribution in [0.15, 0.2) is 159 Å². The molecule has 0 bridgehead atoms. The van der Waals surface area contributed by atoms with E-state index < -0.39 is 127 Å². The van der Waals surface area contributed by atoms with Crippen LogP contribution < -0.4 is 36.2 Å². The molecule has 2 atom stereocenters. The van der Waals surface area contributed by atoms with E-state index in [4.69, 9.17) is 27.7 Å². The highest BCUT2D eigenvalue weighted by molar-refractivity contribution is 7.86. The number of aliphatic carboxylic acids is 5. The number of ether oxygens (including phenoxy) is 3. The van der Waals surface area contributed by atoms with E-state index in [1.807, 2.05) is 52.0 Å². The number of phenols is 2. The molecule has 726 valence electrons.